The van der Waals surface area contributed by atoms with Crippen molar-refractivity contribution < 1.29 is 14.4 Å². The molecule has 2 unspecified atom stereocenters. The Labute approximate surface area is 153 Å². The fourth-order valence-electron chi connectivity index (χ4n) is 3.20. The summed E-state index contributed by atoms with van der Waals surface area (Å²) >= 11 is 0. The van der Waals surface area contributed by atoms with Gasteiger partial charge in [0.15, 0.2) is 0 Å². The van der Waals surface area contributed by atoms with Crippen molar-refractivity contribution in [3.05, 3.63) is 62.5 Å². The zero-order chi connectivity index (χ0) is 19.1. The molecule has 0 amide bonds. The van der Waals surface area contributed by atoms with Crippen LogP contribution in [0.5, 0.6) is 5.75 Å². The summed E-state index contributed by atoms with van der Waals surface area (Å²) in [6, 6.07) is 9.63. The van der Waals surface area contributed by atoms with Gasteiger partial charge in [0.2, 0.25) is 0 Å². The summed E-state index contributed by atoms with van der Waals surface area (Å²) in [6.07, 6.45) is 4.84. The Kier molecular flexibility index (Phi) is 7.18. The topological polar surface area (TPSA) is 71.7 Å². The lowest BCUT2D eigenvalue weighted by molar-refractivity contribution is 0.0622. The Balaban J connectivity index is 2.69. The van der Waals surface area contributed by atoms with Gasteiger partial charge < -0.3 is 14.4 Å². The van der Waals surface area contributed by atoms with Gasteiger partial charge in [0, 0.05) is 12.0 Å². The molecule has 2 aromatic rings. The Bertz CT molecular complexity index is 887. The summed E-state index contributed by atoms with van der Waals surface area (Å²) in [7, 11) is 1.55. The van der Waals surface area contributed by atoms with Gasteiger partial charge in [-0.2, -0.15) is 0 Å². The minimum Gasteiger partial charge on any atom is -0.507 e. The third-order valence-electron chi connectivity index (χ3n) is 4.34. The number of hydroxylamine groups is 1. The van der Waals surface area contributed by atoms with E-state index in [0.717, 1.165) is 5.56 Å². The number of nitrogens with one attached hydrogen (secondary N) is 1. The molecule has 1 aromatic carbocycles. The normalized spacial score (nSPS) is 15.2. The van der Waals surface area contributed by atoms with Gasteiger partial charge in [-0.15, -0.1) is 0 Å². The number of hydrogen-bond acceptors (Lipinski definition) is 5. The van der Waals surface area contributed by atoms with Crippen LogP contribution >= 0.6 is 0 Å². The largest absolute Gasteiger partial charge is 0.507 e. The first-order valence-electron chi connectivity index (χ1n) is 8.89. The van der Waals surface area contributed by atoms with E-state index in [-0.39, 0.29) is 23.3 Å². The molecule has 0 bridgehead atoms. The molecule has 26 heavy (non-hydrogen) atoms. The fourth-order valence-corrected chi connectivity index (χ4v) is 3.20. The molecule has 0 fully saturated rings. The zero-order valence-corrected chi connectivity index (χ0v) is 15.8. The Morgan fingerprint density at radius 1 is 1.31 bits per heavy atom. The first-order valence-corrected chi connectivity index (χ1v) is 8.89. The highest BCUT2D eigenvalue weighted by molar-refractivity contribution is 5.44. The van der Waals surface area contributed by atoms with E-state index in [1.54, 1.807) is 19.3 Å². The van der Waals surface area contributed by atoms with Crippen molar-refractivity contribution in [3.63, 3.8) is 0 Å². The average Bonchev–Trinajstić information content (AvgIpc) is 2.62. The highest BCUT2D eigenvalue weighted by Crippen LogP contribution is 2.30. The highest BCUT2D eigenvalue weighted by Gasteiger charge is 2.25. The van der Waals surface area contributed by atoms with E-state index in [4.69, 9.17) is 9.25 Å². The minimum atomic E-state index is -0.508. The predicted molar refractivity (Wildman–Crippen MR) is 103 cm³/mol. The van der Waals surface area contributed by atoms with Crippen molar-refractivity contribution in [2.24, 2.45) is 0 Å². The van der Waals surface area contributed by atoms with Gasteiger partial charge in [0.1, 0.15) is 11.2 Å². The summed E-state index contributed by atoms with van der Waals surface area (Å²) in [4.78, 5) is 17.8. The second-order valence-electron chi connectivity index (χ2n) is 6.25. The molecule has 0 aliphatic carbocycles. The molecule has 0 saturated carbocycles. The molecule has 0 spiro atoms. The maximum Gasteiger partial charge on any atom is 0.343 e. The minimum absolute atomic E-state index is 0.0121. The molecule has 0 aliphatic rings. The van der Waals surface area contributed by atoms with Crippen LogP contribution in [0.2, 0.25) is 0 Å². The number of aromatic hydroxyl groups is 1. The molecule has 0 radical (unpaired) electrons. The number of benzene rings is 1. The smallest absolute Gasteiger partial charge is 0.343 e. The van der Waals surface area contributed by atoms with E-state index in [1.807, 2.05) is 51.1 Å². The zero-order valence-electron chi connectivity index (χ0n) is 15.8. The van der Waals surface area contributed by atoms with Gasteiger partial charge in [0.05, 0.1) is 17.9 Å². The lowest BCUT2D eigenvalue weighted by Gasteiger charge is -2.22. The summed E-state index contributed by atoms with van der Waals surface area (Å²) in [6.45, 7) is 5.73. The van der Waals surface area contributed by atoms with E-state index < -0.39 is 5.63 Å². The second-order valence-corrected chi connectivity index (χ2v) is 6.25. The first-order chi connectivity index (χ1) is 12.5. The van der Waals surface area contributed by atoms with Crippen LogP contribution in [0.25, 0.3) is 12.2 Å². The molecule has 1 aromatic heterocycles. The predicted octanol–water partition coefficient (Wildman–Crippen LogP) is 2.40. The molecule has 5 heteroatoms. The summed E-state index contributed by atoms with van der Waals surface area (Å²) in [5, 5.41) is 11.4. The van der Waals surface area contributed by atoms with Crippen molar-refractivity contribution in [1.82, 2.24) is 5.48 Å². The van der Waals surface area contributed by atoms with Crippen molar-refractivity contribution in [2.75, 3.05) is 7.11 Å². The second kappa shape index (κ2) is 9.36. The fraction of sp³-hybridized carbons (Fsp3) is 0.381. The van der Waals surface area contributed by atoms with E-state index in [0.29, 0.717) is 23.5 Å². The van der Waals surface area contributed by atoms with Gasteiger partial charge in [-0.3, -0.25) is 0 Å². The van der Waals surface area contributed by atoms with Crippen LogP contribution in [0.3, 0.4) is 0 Å². The maximum atomic E-state index is 12.7. The van der Waals surface area contributed by atoms with Gasteiger partial charge in [-0.05, 0) is 38.3 Å². The van der Waals surface area contributed by atoms with Crippen LogP contribution in [0, 0.1) is 0 Å². The van der Waals surface area contributed by atoms with Gasteiger partial charge in [-0.25, -0.2) is 10.3 Å². The Hall–Kier alpha value is -2.37. The summed E-state index contributed by atoms with van der Waals surface area (Å²) in [5.41, 5.74) is 4.01. The third kappa shape index (κ3) is 4.42. The monoisotopic (exact) mass is 357 g/mol. The van der Waals surface area contributed by atoms with Gasteiger partial charge in [-0.1, -0.05) is 43.3 Å². The molecule has 2 atom stereocenters. The van der Waals surface area contributed by atoms with E-state index >= 15 is 0 Å². The van der Waals surface area contributed by atoms with Crippen molar-refractivity contribution in [3.8, 4) is 5.75 Å². The summed E-state index contributed by atoms with van der Waals surface area (Å²) < 4.78 is 5.54. The quantitative estimate of drug-likeness (QED) is 0.745. The maximum absolute atomic E-state index is 12.7. The van der Waals surface area contributed by atoms with E-state index in [9.17, 15) is 9.90 Å². The molecular formula is C21H27NO4. The van der Waals surface area contributed by atoms with Crippen molar-refractivity contribution in [2.45, 2.75) is 45.6 Å². The van der Waals surface area contributed by atoms with Crippen LogP contribution in [0.4, 0.5) is 0 Å². The van der Waals surface area contributed by atoms with E-state index in [1.165, 1.54) is 0 Å². The first kappa shape index (κ1) is 19.9. The third-order valence-corrected chi connectivity index (χ3v) is 4.34. The molecule has 0 aliphatic heterocycles. The van der Waals surface area contributed by atoms with Crippen LogP contribution in [0.15, 0.2) is 39.5 Å². The van der Waals surface area contributed by atoms with Gasteiger partial charge in [0.25, 0.3) is 0 Å². The molecule has 2 N–H and O–H groups in total. The average molecular weight is 357 g/mol. The lowest BCUT2D eigenvalue weighted by atomic mass is 9.86. The van der Waals surface area contributed by atoms with Crippen LogP contribution < -0.4 is 21.7 Å². The molecule has 5 nitrogen and oxygen atoms in total. The molecule has 140 valence electrons. The van der Waals surface area contributed by atoms with Crippen LogP contribution in [0.1, 0.15) is 50.7 Å². The molecule has 0 saturated heterocycles. The Morgan fingerprint density at radius 2 is 2.00 bits per heavy atom. The van der Waals surface area contributed by atoms with E-state index in [2.05, 4.69) is 5.48 Å². The number of rotatable bonds is 7. The number of hydrogen-bond donors (Lipinski definition) is 2. The molecule has 2 rings (SSSR count). The SMILES string of the molecule is C/C=c1/c(O)c(C(CC(C)NOC)c2ccccc2)c(=O)o/c1=C/CC. The van der Waals surface area contributed by atoms with Crippen LogP contribution in [-0.2, 0) is 4.84 Å². The van der Waals surface area contributed by atoms with Crippen molar-refractivity contribution in [1.29, 1.82) is 0 Å². The standard InChI is InChI=1S/C21H27NO4/c1-5-10-18-16(6-2)20(23)19(21(24)26-18)17(13-14(3)22-25-4)15-11-8-7-9-12-15/h6-12,14,17,22-23H,5,13H2,1-4H3/b16-6+,18-10+. The van der Waals surface area contributed by atoms with Gasteiger partial charge >= 0.3 is 5.63 Å². The lowest BCUT2D eigenvalue weighted by Crippen LogP contribution is -2.34. The highest BCUT2D eigenvalue weighted by atomic mass is 16.6. The summed E-state index contributed by atoms with van der Waals surface area (Å²) in [5.74, 6) is -0.332. The van der Waals surface area contributed by atoms with Crippen LogP contribution in [-0.4, -0.2) is 18.3 Å². The Morgan fingerprint density at radius 3 is 2.58 bits per heavy atom. The van der Waals surface area contributed by atoms with Crippen molar-refractivity contribution >= 4 is 12.2 Å². The molecule has 1 heterocycles. The molecular weight excluding hydrogens is 330 g/mol.